The predicted octanol–water partition coefficient (Wildman–Crippen LogP) is 0.995. The van der Waals surface area contributed by atoms with Crippen LogP contribution >= 0.6 is 0 Å². The van der Waals surface area contributed by atoms with Crippen LogP contribution in [0, 0.1) is 10.1 Å². The molecular formula is C7H13NO4. The SMILES string of the molecule is CCOC(=O)CC(C)(C)[N+](=O)[O-]. The van der Waals surface area contributed by atoms with Gasteiger partial charge in [0.2, 0.25) is 5.54 Å². The van der Waals surface area contributed by atoms with Gasteiger partial charge >= 0.3 is 5.97 Å². The van der Waals surface area contributed by atoms with Crippen LogP contribution in [0.2, 0.25) is 0 Å². The highest BCUT2D eigenvalue weighted by atomic mass is 16.6. The summed E-state index contributed by atoms with van der Waals surface area (Å²) in [6.07, 6.45) is -0.187. The maximum absolute atomic E-state index is 10.8. The number of nitro groups is 1. The molecule has 5 nitrogen and oxygen atoms in total. The Bertz CT molecular complexity index is 188. The fourth-order valence-corrected chi connectivity index (χ4v) is 0.630. The number of ether oxygens (including phenoxy) is 1. The highest BCUT2D eigenvalue weighted by Gasteiger charge is 2.34. The zero-order valence-electron chi connectivity index (χ0n) is 7.49. The van der Waals surface area contributed by atoms with Crippen molar-refractivity contribution < 1.29 is 14.5 Å². The van der Waals surface area contributed by atoms with E-state index in [1.165, 1.54) is 13.8 Å². The maximum Gasteiger partial charge on any atom is 0.313 e. The van der Waals surface area contributed by atoms with Crippen LogP contribution in [-0.2, 0) is 9.53 Å². The Labute approximate surface area is 70.9 Å². The number of carbonyl (C=O) groups is 1. The lowest BCUT2D eigenvalue weighted by atomic mass is 10.0. The van der Waals surface area contributed by atoms with Gasteiger partial charge in [-0.15, -0.1) is 0 Å². The number of hydrogen-bond donors (Lipinski definition) is 0. The van der Waals surface area contributed by atoms with Crippen molar-refractivity contribution in [2.24, 2.45) is 0 Å². The topological polar surface area (TPSA) is 69.4 Å². The summed E-state index contributed by atoms with van der Waals surface area (Å²) in [5.41, 5.74) is -1.23. The van der Waals surface area contributed by atoms with Crippen LogP contribution in [0.4, 0.5) is 0 Å². The van der Waals surface area contributed by atoms with E-state index in [0.717, 1.165) is 0 Å². The third-order valence-corrected chi connectivity index (χ3v) is 1.38. The quantitative estimate of drug-likeness (QED) is 0.363. The first-order valence-corrected chi connectivity index (χ1v) is 3.70. The molecule has 0 radical (unpaired) electrons. The maximum atomic E-state index is 10.8. The summed E-state index contributed by atoms with van der Waals surface area (Å²) in [4.78, 5) is 20.7. The van der Waals surface area contributed by atoms with Crippen molar-refractivity contribution in [1.29, 1.82) is 0 Å². The molecule has 0 N–H and O–H groups in total. The Morgan fingerprint density at radius 1 is 1.58 bits per heavy atom. The molecule has 0 bridgehead atoms. The summed E-state index contributed by atoms with van der Waals surface area (Å²) >= 11 is 0. The van der Waals surface area contributed by atoms with Crippen molar-refractivity contribution >= 4 is 5.97 Å². The molecule has 0 aliphatic carbocycles. The van der Waals surface area contributed by atoms with E-state index in [-0.39, 0.29) is 13.0 Å². The van der Waals surface area contributed by atoms with E-state index in [4.69, 9.17) is 0 Å². The van der Waals surface area contributed by atoms with Gasteiger partial charge in [0.05, 0.1) is 6.61 Å². The minimum Gasteiger partial charge on any atom is -0.466 e. The van der Waals surface area contributed by atoms with Crippen LogP contribution in [0.25, 0.3) is 0 Å². The second-order valence-electron chi connectivity index (χ2n) is 3.05. The van der Waals surface area contributed by atoms with Gasteiger partial charge in [-0.1, -0.05) is 0 Å². The van der Waals surface area contributed by atoms with E-state index in [2.05, 4.69) is 4.74 Å². The minimum atomic E-state index is -1.23. The summed E-state index contributed by atoms with van der Waals surface area (Å²) in [7, 11) is 0. The molecule has 0 amide bonds. The second kappa shape index (κ2) is 4.04. The summed E-state index contributed by atoms with van der Waals surface area (Å²) in [5.74, 6) is -0.529. The number of esters is 1. The largest absolute Gasteiger partial charge is 0.466 e. The molecule has 70 valence electrons. The molecule has 0 aliphatic rings. The van der Waals surface area contributed by atoms with Gasteiger partial charge in [-0.2, -0.15) is 0 Å². The van der Waals surface area contributed by atoms with Gasteiger partial charge in [0.1, 0.15) is 6.42 Å². The van der Waals surface area contributed by atoms with Crippen LogP contribution in [-0.4, -0.2) is 23.0 Å². The molecule has 0 heterocycles. The number of carbonyl (C=O) groups excluding carboxylic acids is 1. The molecule has 0 saturated heterocycles. The van der Waals surface area contributed by atoms with Gasteiger partial charge in [-0.25, -0.2) is 0 Å². The fraction of sp³-hybridized carbons (Fsp3) is 0.857. The Morgan fingerprint density at radius 3 is 2.42 bits per heavy atom. The van der Waals surface area contributed by atoms with E-state index in [1.807, 2.05) is 0 Å². The van der Waals surface area contributed by atoms with E-state index in [1.54, 1.807) is 6.92 Å². The highest BCUT2D eigenvalue weighted by molar-refractivity contribution is 5.70. The van der Waals surface area contributed by atoms with Gasteiger partial charge in [0.15, 0.2) is 0 Å². The van der Waals surface area contributed by atoms with Crippen LogP contribution in [0.1, 0.15) is 27.2 Å². The van der Waals surface area contributed by atoms with Gasteiger partial charge in [-0.05, 0) is 6.92 Å². The van der Waals surface area contributed by atoms with Crippen molar-refractivity contribution in [3.05, 3.63) is 10.1 Å². The van der Waals surface area contributed by atoms with Crippen molar-refractivity contribution in [3.63, 3.8) is 0 Å². The zero-order chi connectivity index (χ0) is 9.78. The Kier molecular flexibility index (Phi) is 3.66. The standard InChI is InChI=1S/C7H13NO4/c1-4-12-6(9)5-7(2,3)8(10)11/h4-5H2,1-3H3. The first kappa shape index (κ1) is 10.9. The lowest BCUT2D eigenvalue weighted by Crippen LogP contribution is -2.34. The molecule has 0 rings (SSSR count). The number of hydrogen-bond acceptors (Lipinski definition) is 4. The molecule has 0 aromatic carbocycles. The van der Waals surface area contributed by atoms with Gasteiger partial charge in [0.25, 0.3) is 0 Å². The Hall–Kier alpha value is -1.13. The Balaban J connectivity index is 4.06. The third kappa shape index (κ3) is 3.32. The van der Waals surface area contributed by atoms with E-state index in [9.17, 15) is 14.9 Å². The molecule has 0 fully saturated rings. The average Bonchev–Trinajstić information content (AvgIpc) is 1.85. The molecule has 0 aliphatic heterocycles. The van der Waals surface area contributed by atoms with Gasteiger partial charge in [0, 0.05) is 18.8 Å². The first-order chi connectivity index (χ1) is 5.40. The molecule has 0 saturated carbocycles. The molecule has 0 aromatic rings. The minimum absolute atomic E-state index is 0.187. The fourth-order valence-electron chi connectivity index (χ4n) is 0.630. The summed E-state index contributed by atoms with van der Waals surface area (Å²) < 4.78 is 4.58. The molecular weight excluding hydrogens is 162 g/mol. The molecule has 5 heteroatoms. The lowest BCUT2D eigenvalue weighted by Gasteiger charge is -2.13. The molecule has 0 unspecified atom stereocenters. The van der Waals surface area contributed by atoms with Gasteiger partial charge < -0.3 is 4.74 Å². The molecule has 0 aromatic heterocycles. The van der Waals surface area contributed by atoms with Crippen LogP contribution in [0.3, 0.4) is 0 Å². The summed E-state index contributed by atoms with van der Waals surface area (Å²) in [6, 6.07) is 0. The predicted molar refractivity (Wildman–Crippen MR) is 42.3 cm³/mol. The average molecular weight is 175 g/mol. The number of rotatable bonds is 4. The first-order valence-electron chi connectivity index (χ1n) is 3.70. The lowest BCUT2D eigenvalue weighted by molar-refractivity contribution is -0.559. The van der Waals surface area contributed by atoms with E-state index in [0.29, 0.717) is 0 Å². The highest BCUT2D eigenvalue weighted by Crippen LogP contribution is 2.13. The molecule has 0 spiro atoms. The second-order valence-corrected chi connectivity index (χ2v) is 3.05. The van der Waals surface area contributed by atoms with Crippen LogP contribution in [0.5, 0.6) is 0 Å². The van der Waals surface area contributed by atoms with Crippen molar-refractivity contribution in [1.82, 2.24) is 0 Å². The normalized spacial score (nSPS) is 10.9. The van der Waals surface area contributed by atoms with E-state index < -0.39 is 16.4 Å². The third-order valence-electron chi connectivity index (χ3n) is 1.38. The number of nitrogens with zero attached hydrogens (tertiary/aromatic N) is 1. The monoisotopic (exact) mass is 175 g/mol. The van der Waals surface area contributed by atoms with Crippen molar-refractivity contribution in [3.8, 4) is 0 Å². The molecule has 0 atom stereocenters. The summed E-state index contributed by atoms with van der Waals surface area (Å²) in [6.45, 7) is 4.71. The van der Waals surface area contributed by atoms with E-state index >= 15 is 0 Å². The molecule has 12 heavy (non-hydrogen) atoms. The Morgan fingerprint density at radius 2 is 2.08 bits per heavy atom. The smallest absolute Gasteiger partial charge is 0.313 e. The van der Waals surface area contributed by atoms with Crippen molar-refractivity contribution in [2.75, 3.05) is 6.61 Å². The van der Waals surface area contributed by atoms with Crippen molar-refractivity contribution in [2.45, 2.75) is 32.7 Å². The summed E-state index contributed by atoms with van der Waals surface area (Å²) in [5, 5.41) is 10.4. The van der Waals surface area contributed by atoms with Crippen LogP contribution < -0.4 is 0 Å². The van der Waals surface area contributed by atoms with Crippen LogP contribution in [0.15, 0.2) is 0 Å². The van der Waals surface area contributed by atoms with Gasteiger partial charge in [-0.3, -0.25) is 14.9 Å². The zero-order valence-corrected chi connectivity index (χ0v) is 7.49.